The molecule has 0 fully saturated rings. The van der Waals surface area contributed by atoms with Crippen LogP contribution in [0.2, 0.25) is 0 Å². The molecule has 0 aliphatic carbocycles. The molecule has 0 aromatic rings. The van der Waals surface area contributed by atoms with Crippen molar-refractivity contribution in [3.63, 3.8) is 0 Å². The van der Waals surface area contributed by atoms with Crippen molar-refractivity contribution in [1.29, 1.82) is 0 Å². The maximum atomic E-state index is 0. The molecule has 0 aliphatic heterocycles. The maximum absolute atomic E-state index is 0. The Morgan fingerprint density at radius 3 is 1.00 bits per heavy atom. The molecule has 0 bridgehead atoms. The van der Waals surface area contributed by atoms with E-state index in [-0.39, 0.29) is 94.6 Å². The Balaban J connectivity index is 0. The van der Waals surface area contributed by atoms with Gasteiger partial charge in [-0.1, -0.05) is 0 Å². The Bertz CT molecular complexity index is 8.00. The minimum absolute atomic E-state index is 0. The second-order valence-corrected chi connectivity index (χ2v) is 0. The van der Waals surface area contributed by atoms with E-state index in [9.17, 15) is 0 Å². The molecular formula is LaMgNiZn. The van der Waals surface area contributed by atoms with Crippen molar-refractivity contribution in [1.82, 2.24) is 0 Å². The average Bonchev–Trinajstić information content (AvgIpc) is 0. The summed E-state index contributed by atoms with van der Waals surface area (Å²) in [4.78, 5) is 0. The molecule has 0 rings (SSSR count). The molecule has 0 aliphatic rings. The molecular weight excluding hydrogens is 287 g/mol. The third kappa shape index (κ3) is 8.91. The summed E-state index contributed by atoms with van der Waals surface area (Å²) in [7, 11) is 0. The Kier molecular flexibility index (Phi) is 114. The SMILES string of the molecule is [La].[Mg].[Ni].[Zn]. The van der Waals surface area contributed by atoms with Gasteiger partial charge in [0.05, 0.1) is 0 Å². The van der Waals surface area contributed by atoms with Gasteiger partial charge in [-0.2, -0.15) is 0 Å². The molecule has 4 heavy (non-hydrogen) atoms. The molecule has 0 unspecified atom stereocenters. The van der Waals surface area contributed by atoms with Gasteiger partial charge in [0.1, 0.15) is 0 Å². The smallest absolute Gasteiger partial charge is 0 e. The molecule has 0 saturated carbocycles. The van der Waals surface area contributed by atoms with Crippen molar-refractivity contribution in [3.05, 3.63) is 0 Å². The Hall–Kier alpha value is 3.08. The molecule has 0 heterocycles. The van der Waals surface area contributed by atoms with E-state index >= 15 is 0 Å². The van der Waals surface area contributed by atoms with Gasteiger partial charge in [-0.25, -0.2) is 0 Å². The zero-order valence-electron chi connectivity index (χ0n) is 2.31. The summed E-state index contributed by atoms with van der Waals surface area (Å²) in [5.41, 5.74) is 0. The Labute approximate surface area is 92.7 Å². The predicted octanol–water partition coefficient (Wildman–Crippen LogP) is -0.386. The van der Waals surface area contributed by atoms with E-state index in [1.165, 1.54) is 0 Å². The molecule has 17 valence electrons. The van der Waals surface area contributed by atoms with E-state index < -0.39 is 0 Å². The summed E-state index contributed by atoms with van der Waals surface area (Å²) in [6.07, 6.45) is 0. The summed E-state index contributed by atoms with van der Waals surface area (Å²) in [6, 6.07) is 0. The van der Waals surface area contributed by atoms with Crippen LogP contribution in [-0.4, -0.2) is 23.1 Å². The summed E-state index contributed by atoms with van der Waals surface area (Å²) in [5, 5.41) is 0. The van der Waals surface area contributed by atoms with Crippen LogP contribution in [0.25, 0.3) is 0 Å². The third-order valence-corrected chi connectivity index (χ3v) is 0. The maximum Gasteiger partial charge on any atom is 0 e. The number of rotatable bonds is 0. The van der Waals surface area contributed by atoms with Crippen LogP contribution in [0.5, 0.6) is 0 Å². The van der Waals surface area contributed by atoms with Gasteiger partial charge in [0.15, 0.2) is 0 Å². The van der Waals surface area contributed by atoms with Crippen LogP contribution in [0, 0.1) is 35.6 Å². The van der Waals surface area contributed by atoms with E-state index in [0.29, 0.717) is 0 Å². The molecule has 0 atom stereocenters. The first-order valence-electron chi connectivity index (χ1n) is 0. The zero-order valence-corrected chi connectivity index (χ0v) is 11.3. The van der Waals surface area contributed by atoms with Crippen LogP contribution < -0.4 is 0 Å². The number of hydrogen-bond donors (Lipinski definition) is 0. The minimum Gasteiger partial charge on any atom is 0 e. The molecule has 0 nitrogen and oxygen atoms in total. The molecule has 0 aromatic heterocycles. The van der Waals surface area contributed by atoms with E-state index in [1.807, 2.05) is 0 Å². The number of hydrogen-bond acceptors (Lipinski definition) is 0. The van der Waals surface area contributed by atoms with Gasteiger partial charge < -0.3 is 0 Å². The van der Waals surface area contributed by atoms with Gasteiger partial charge in [0.25, 0.3) is 0 Å². The van der Waals surface area contributed by atoms with Gasteiger partial charge in [-0.3, -0.25) is 0 Å². The summed E-state index contributed by atoms with van der Waals surface area (Å²) < 4.78 is 0. The zero-order chi connectivity index (χ0) is 0. The second-order valence-electron chi connectivity index (χ2n) is 0. The van der Waals surface area contributed by atoms with E-state index in [4.69, 9.17) is 0 Å². The van der Waals surface area contributed by atoms with Crippen molar-refractivity contribution < 1.29 is 71.6 Å². The van der Waals surface area contributed by atoms with E-state index in [2.05, 4.69) is 0 Å². The van der Waals surface area contributed by atoms with Gasteiger partial charge >= 0.3 is 0 Å². The van der Waals surface area contributed by atoms with Crippen molar-refractivity contribution in [2.45, 2.75) is 0 Å². The van der Waals surface area contributed by atoms with Crippen molar-refractivity contribution in [3.8, 4) is 0 Å². The molecule has 0 N–H and O–H groups in total. The van der Waals surface area contributed by atoms with Crippen molar-refractivity contribution in [2.24, 2.45) is 0 Å². The first-order chi connectivity index (χ1) is 0. The molecule has 0 saturated heterocycles. The van der Waals surface area contributed by atoms with Gasteiger partial charge in [-0.15, -0.1) is 0 Å². The topological polar surface area (TPSA) is 0 Å². The minimum atomic E-state index is 0. The summed E-state index contributed by atoms with van der Waals surface area (Å²) >= 11 is 0. The van der Waals surface area contributed by atoms with Crippen molar-refractivity contribution >= 4 is 23.1 Å². The fraction of sp³-hybridized carbons (Fsp3) is 0. The largest absolute Gasteiger partial charge is 0 e. The van der Waals surface area contributed by atoms with E-state index in [1.54, 1.807) is 0 Å². The van der Waals surface area contributed by atoms with E-state index in [0.717, 1.165) is 0 Å². The fourth-order valence-corrected chi connectivity index (χ4v) is 0. The predicted molar refractivity (Wildman–Crippen MR) is 5.75 cm³/mol. The average molecular weight is 287 g/mol. The summed E-state index contributed by atoms with van der Waals surface area (Å²) in [5.74, 6) is 0. The van der Waals surface area contributed by atoms with Crippen LogP contribution in [0.1, 0.15) is 0 Å². The first kappa shape index (κ1) is 27.6. The normalized spacial score (nSPS) is 0. The van der Waals surface area contributed by atoms with Gasteiger partial charge in [0.2, 0.25) is 0 Å². The molecule has 0 aromatic carbocycles. The van der Waals surface area contributed by atoms with Crippen LogP contribution in [-0.2, 0) is 36.0 Å². The molecule has 0 spiro atoms. The van der Waals surface area contributed by atoms with Crippen LogP contribution >= 0.6 is 0 Å². The summed E-state index contributed by atoms with van der Waals surface area (Å²) in [6.45, 7) is 0. The van der Waals surface area contributed by atoms with Crippen LogP contribution in [0.4, 0.5) is 0 Å². The monoisotopic (exact) mass is 285 g/mol. The Morgan fingerprint density at radius 1 is 1.00 bits per heavy atom. The molecule has 4 heteroatoms. The van der Waals surface area contributed by atoms with Crippen molar-refractivity contribution in [2.75, 3.05) is 0 Å². The van der Waals surface area contributed by atoms with Gasteiger partial charge in [0, 0.05) is 94.6 Å². The first-order valence-corrected chi connectivity index (χ1v) is 0. The quantitative estimate of drug-likeness (QED) is 0.533. The molecule has 0 amide bonds. The van der Waals surface area contributed by atoms with Gasteiger partial charge in [-0.05, 0) is 0 Å². The third-order valence-electron chi connectivity index (χ3n) is 0. The Morgan fingerprint density at radius 2 is 1.00 bits per heavy atom. The second kappa shape index (κ2) is 16.5. The van der Waals surface area contributed by atoms with Crippen LogP contribution in [0.3, 0.4) is 0 Å². The fourth-order valence-electron chi connectivity index (χ4n) is 0. The molecule has 3 radical (unpaired) electrons. The van der Waals surface area contributed by atoms with Crippen LogP contribution in [0.15, 0.2) is 0 Å². The standard InChI is InChI=1S/La.Mg.Ni.Zn.